The highest BCUT2D eigenvalue weighted by Gasteiger charge is 2.53. The van der Waals surface area contributed by atoms with Gasteiger partial charge in [-0.05, 0) is 171 Å². The molecule has 6 nitrogen and oxygen atoms in total. The zero-order valence-electron chi connectivity index (χ0n) is 64.8. The van der Waals surface area contributed by atoms with Crippen molar-refractivity contribution in [2.45, 2.75) is 30.4 Å². The van der Waals surface area contributed by atoms with Gasteiger partial charge in [0.25, 0.3) is 0 Å². The second kappa shape index (κ2) is 29.5. The van der Waals surface area contributed by atoms with E-state index < -0.39 is 10.8 Å². The first-order valence-corrected chi connectivity index (χ1v) is 42.0. The molecule has 4 heterocycles. The maximum Gasteiger partial charge on any atom is 0.160 e. The molecule has 0 saturated heterocycles. The molecule has 2 spiro atoms. The Hall–Kier alpha value is -15.2. The van der Waals surface area contributed by atoms with Crippen molar-refractivity contribution in [3.8, 4) is 147 Å². The molecule has 0 radical (unpaired) electrons. The van der Waals surface area contributed by atoms with Crippen molar-refractivity contribution in [1.29, 1.82) is 10.5 Å². The van der Waals surface area contributed by atoms with Gasteiger partial charge < -0.3 is 0 Å². The van der Waals surface area contributed by atoms with E-state index in [-0.39, 0.29) is 0 Å². The fourth-order valence-electron chi connectivity index (χ4n) is 19.0. The zero-order chi connectivity index (χ0) is 79.8. The SMILES string of the molecule is N#Cc1ccc(-c2ccc(-c3cccc4c3-c3ccccc3C43c4ccccc4Sc4c(-c5cc(-c6ccccc6)nc(-c6ccccc6)n5)cccc43)c3ccccc23)cc1.N#Cc1ccc(-c2ccc(-c3cccc4c3-c3ccccc3C43c4ccccc4Sc4c(-c5cc(-c6ccccc6)nc(-c6ccccc6)n5)cccc43)cc2)cc1. The summed E-state index contributed by atoms with van der Waals surface area (Å²) in [6.45, 7) is 0. The molecule has 17 aromatic carbocycles. The Morgan fingerprint density at radius 1 is 0.208 bits per heavy atom. The van der Waals surface area contributed by atoms with Crippen LogP contribution in [0.1, 0.15) is 55.6 Å². The van der Waals surface area contributed by atoms with Gasteiger partial charge in [0.2, 0.25) is 0 Å². The monoisotopic (exact) mass is 1560 g/mol. The molecule has 2 atom stereocenters. The van der Waals surface area contributed by atoms with Crippen molar-refractivity contribution in [1.82, 2.24) is 19.9 Å². The van der Waals surface area contributed by atoms with E-state index in [0.29, 0.717) is 22.8 Å². The van der Waals surface area contributed by atoms with Crippen molar-refractivity contribution in [2.75, 3.05) is 0 Å². The molecule has 8 heteroatoms. The van der Waals surface area contributed by atoms with E-state index in [9.17, 15) is 10.5 Å². The summed E-state index contributed by atoms with van der Waals surface area (Å²) >= 11 is 3.69. The van der Waals surface area contributed by atoms with E-state index in [2.05, 4.69) is 340 Å². The highest BCUT2D eigenvalue weighted by molar-refractivity contribution is 8.00. The molecule has 0 N–H and O–H groups in total. The number of benzene rings is 17. The molecule has 120 heavy (non-hydrogen) atoms. The van der Waals surface area contributed by atoms with Crippen molar-refractivity contribution >= 4 is 34.3 Å². The maximum absolute atomic E-state index is 9.49. The first kappa shape index (κ1) is 71.4. The minimum Gasteiger partial charge on any atom is -0.228 e. The van der Waals surface area contributed by atoms with Gasteiger partial charge in [-0.15, -0.1) is 0 Å². The van der Waals surface area contributed by atoms with Gasteiger partial charge >= 0.3 is 0 Å². The van der Waals surface area contributed by atoms with Crippen LogP contribution in [-0.2, 0) is 10.8 Å². The normalized spacial score (nSPS) is 14.5. The molecule has 0 saturated carbocycles. The summed E-state index contributed by atoms with van der Waals surface area (Å²) in [5, 5.41) is 21.2. The lowest BCUT2D eigenvalue weighted by Crippen LogP contribution is -2.32. The van der Waals surface area contributed by atoms with Crippen LogP contribution in [0.2, 0.25) is 0 Å². The fraction of sp³-hybridized carbons (Fsp3) is 0.0179. The third-order valence-electron chi connectivity index (χ3n) is 24.3. The van der Waals surface area contributed by atoms with Crippen LogP contribution < -0.4 is 0 Å². The van der Waals surface area contributed by atoms with Crippen molar-refractivity contribution in [3.63, 3.8) is 0 Å². The summed E-state index contributed by atoms with van der Waals surface area (Å²) in [6, 6.07) is 151. The Bertz CT molecular complexity index is 7290. The van der Waals surface area contributed by atoms with Gasteiger partial charge in [-0.25, -0.2) is 19.9 Å². The number of rotatable bonds is 10. The van der Waals surface area contributed by atoms with E-state index in [1.807, 2.05) is 108 Å². The third-order valence-corrected chi connectivity index (χ3v) is 26.7. The fourth-order valence-corrected chi connectivity index (χ4v) is 21.6. The minimum atomic E-state index is -0.592. The summed E-state index contributed by atoms with van der Waals surface area (Å²) in [4.78, 5) is 25.8. The number of hydrogen-bond donors (Lipinski definition) is 0. The van der Waals surface area contributed by atoms with Gasteiger partial charge in [0, 0.05) is 53.0 Å². The number of nitrogens with zero attached hydrogens (tertiary/aromatic N) is 6. The van der Waals surface area contributed by atoms with Crippen LogP contribution in [0.15, 0.2) is 432 Å². The lowest BCUT2D eigenvalue weighted by molar-refractivity contribution is 0.723. The highest BCUT2D eigenvalue weighted by Crippen LogP contribution is 2.67. The van der Waals surface area contributed by atoms with Gasteiger partial charge in [0.15, 0.2) is 11.6 Å². The summed E-state index contributed by atoms with van der Waals surface area (Å²) in [7, 11) is 0. The van der Waals surface area contributed by atoms with Gasteiger partial charge in [0.1, 0.15) is 0 Å². The molecule has 0 bridgehead atoms. The predicted octanol–water partition coefficient (Wildman–Crippen LogP) is 28.2. The standard InChI is InChI=1S/C58H35N3S.C54H33N3S/c59-36-37-29-31-38(32-30-37)41-33-34-44(43-20-8-7-19-42(41)43)45-22-13-26-50-55(45)46-21-9-10-24-48(46)58(50)49-25-11-12-28-54(49)62-56-47(23-14-27-51(56)58)53-35-52(39-15-3-1-4-16-39)60-57(61-53)40-17-5-2-6-18-40;55-34-35-25-27-36(28-26-35)37-29-31-38(32-30-37)41-18-11-22-46-51(41)42-17-7-8-20-44(42)54(46)45-21-9-10-24-50(45)58-52-43(19-12-23-47(52)54)49-33-48(39-13-3-1-4-14-39)56-53(57-49)40-15-5-2-6-16-40/h1-35H;1-33H. The average molecular weight is 1560 g/mol. The summed E-state index contributed by atoms with van der Waals surface area (Å²) in [5.41, 5.74) is 34.5. The van der Waals surface area contributed by atoms with Gasteiger partial charge in [-0.3, -0.25) is 0 Å². The Labute approximate surface area is 704 Å². The number of aromatic nitrogens is 4. The second-order valence-corrected chi connectivity index (χ2v) is 32.8. The summed E-state index contributed by atoms with van der Waals surface area (Å²) in [6.07, 6.45) is 0. The maximum atomic E-state index is 9.49. The zero-order valence-corrected chi connectivity index (χ0v) is 66.4. The molecule has 19 aromatic rings. The average Bonchev–Trinajstić information content (AvgIpc) is 1.49. The van der Waals surface area contributed by atoms with Crippen molar-refractivity contribution in [3.05, 3.63) is 468 Å². The first-order valence-electron chi connectivity index (χ1n) is 40.3. The van der Waals surface area contributed by atoms with Gasteiger partial charge in [-0.1, -0.05) is 388 Å². The van der Waals surface area contributed by atoms with Crippen molar-refractivity contribution in [2.24, 2.45) is 0 Å². The Balaban J connectivity index is 0.000000144. The van der Waals surface area contributed by atoms with Crippen LogP contribution in [0.5, 0.6) is 0 Å². The Morgan fingerprint density at radius 3 is 0.992 bits per heavy atom. The van der Waals surface area contributed by atoms with E-state index in [4.69, 9.17) is 19.9 Å². The van der Waals surface area contributed by atoms with Gasteiger partial charge in [-0.2, -0.15) is 10.5 Å². The molecule has 0 amide bonds. The van der Waals surface area contributed by atoms with Crippen molar-refractivity contribution < 1.29 is 0 Å². The van der Waals surface area contributed by atoms with E-state index in [1.54, 1.807) is 0 Å². The molecule has 2 aliphatic heterocycles. The number of nitriles is 2. The van der Waals surface area contributed by atoms with Gasteiger partial charge in [0.05, 0.1) is 56.9 Å². The molecular formula is C112H68N6S2. The summed E-state index contributed by atoms with van der Waals surface area (Å²) < 4.78 is 0. The molecule has 4 aliphatic rings. The molecule has 0 fully saturated rings. The quantitative estimate of drug-likeness (QED) is 0.134. The first-order chi connectivity index (χ1) is 59.4. The smallest absolute Gasteiger partial charge is 0.160 e. The highest BCUT2D eigenvalue weighted by atomic mass is 32.2. The lowest BCUT2D eigenvalue weighted by atomic mass is 9.67. The molecule has 2 unspecified atom stereocenters. The Kier molecular flexibility index (Phi) is 17.6. The van der Waals surface area contributed by atoms with Crippen LogP contribution >= 0.6 is 23.5 Å². The number of fused-ring (bicyclic) bond motifs is 19. The predicted molar refractivity (Wildman–Crippen MR) is 488 cm³/mol. The van der Waals surface area contributed by atoms with Crippen LogP contribution in [-0.4, -0.2) is 19.9 Å². The summed E-state index contributed by atoms with van der Waals surface area (Å²) in [5.74, 6) is 1.41. The Morgan fingerprint density at radius 2 is 0.525 bits per heavy atom. The molecule has 2 aromatic heterocycles. The molecular weight excluding hydrogens is 1490 g/mol. The van der Waals surface area contributed by atoms with Crippen LogP contribution in [0, 0.1) is 22.7 Å². The van der Waals surface area contributed by atoms with Crippen LogP contribution in [0.25, 0.3) is 145 Å². The van der Waals surface area contributed by atoms with Crippen LogP contribution in [0.4, 0.5) is 0 Å². The molecule has 2 aliphatic carbocycles. The molecule has 23 rings (SSSR count). The largest absolute Gasteiger partial charge is 0.228 e. The molecule has 558 valence electrons. The number of hydrogen-bond acceptors (Lipinski definition) is 8. The van der Waals surface area contributed by atoms with E-state index in [1.165, 1.54) is 114 Å². The van der Waals surface area contributed by atoms with E-state index >= 15 is 0 Å². The lowest BCUT2D eigenvalue weighted by Gasteiger charge is -2.40. The van der Waals surface area contributed by atoms with E-state index in [0.717, 1.165) is 84.0 Å². The minimum absolute atomic E-state index is 0.560. The topological polar surface area (TPSA) is 99.1 Å². The third kappa shape index (κ3) is 11.6. The second-order valence-electron chi connectivity index (χ2n) is 30.7. The van der Waals surface area contributed by atoms with Crippen LogP contribution in [0.3, 0.4) is 0 Å².